The lowest BCUT2D eigenvalue weighted by Gasteiger charge is -2.43. The summed E-state index contributed by atoms with van der Waals surface area (Å²) in [4.78, 5) is 15.2. The van der Waals surface area contributed by atoms with E-state index in [0.29, 0.717) is 22.3 Å². The number of ketones is 1. The molecule has 0 amide bonds. The van der Waals surface area contributed by atoms with Crippen LogP contribution in [0, 0.1) is 5.92 Å². The first kappa shape index (κ1) is 16.3. The molecule has 0 radical (unpaired) electrons. The van der Waals surface area contributed by atoms with Crippen LogP contribution in [0.3, 0.4) is 0 Å². The quantitative estimate of drug-likeness (QED) is 0.786. The molecule has 1 aromatic carbocycles. The minimum Gasteiger partial charge on any atom is -0.495 e. The smallest absolute Gasteiger partial charge is 0.183 e. The molecule has 1 aliphatic carbocycles. The van der Waals surface area contributed by atoms with Gasteiger partial charge in [0, 0.05) is 5.56 Å². The molecule has 0 spiro atoms. The molecule has 116 valence electrons. The Morgan fingerprint density at radius 1 is 1.33 bits per heavy atom. The van der Waals surface area contributed by atoms with Gasteiger partial charge in [0.25, 0.3) is 0 Å². The van der Waals surface area contributed by atoms with Crippen molar-refractivity contribution in [3.05, 3.63) is 28.8 Å². The Morgan fingerprint density at radius 3 is 2.48 bits per heavy atom. The van der Waals surface area contributed by atoms with E-state index in [0.717, 1.165) is 25.7 Å². The van der Waals surface area contributed by atoms with E-state index >= 15 is 0 Å². The molecule has 1 saturated carbocycles. The maximum absolute atomic E-state index is 13.1. The van der Waals surface area contributed by atoms with Gasteiger partial charge < -0.3 is 4.74 Å². The summed E-state index contributed by atoms with van der Waals surface area (Å²) in [5.74, 6) is 1.43. The number of hydrogen-bond donors (Lipinski definition) is 0. The monoisotopic (exact) mass is 309 g/mol. The van der Waals surface area contributed by atoms with Gasteiger partial charge in [-0.15, -0.1) is 0 Å². The van der Waals surface area contributed by atoms with Crippen LogP contribution >= 0.6 is 11.6 Å². The Balaban J connectivity index is 2.35. The maximum atomic E-state index is 13.1. The first-order valence-electron chi connectivity index (χ1n) is 7.46. The van der Waals surface area contributed by atoms with Gasteiger partial charge in [0.15, 0.2) is 5.78 Å². The third-order valence-electron chi connectivity index (χ3n) is 4.79. The van der Waals surface area contributed by atoms with Gasteiger partial charge in [-0.3, -0.25) is 9.69 Å². The fourth-order valence-electron chi connectivity index (χ4n) is 3.19. The second-order valence-electron chi connectivity index (χ2n) is 6.29. The van der Waals surface area contributed by atoms with Crippen LogP contribution in [-0.2, 0) is 0 Å². The highest BCUT2D eigenvalue weighted by Crippen LogP contribution is 2.38. The number of carbonyl (C=O) groups is 1. The van der Waals surface area contributed by atoms with E-state index in [-0.39, 0.29) is 5.78 Å². The summed E-state index contributed by atoms with van der Waals surface area (Å²) in [6.45, 7) is 2.26. The Kier molecular flexibility index (Phi) is 4.95. The lowest BCUT2D eigenvalue weighted by atomic mass is 9.72. The molecule has 0 aromatic heterocycles. The topological polar surface area (TPSA) is 29.5 Å². The van der Waals surface area contributed by atoms with Crippen molar-refractivity contribution in [2.75, 3.05) is 21.2 Å². The molecule has 0 bridgehead atoms. The van der Waals surface area contributed by atoms with Crippen LogP contribution in [0.25, 0.3) is 0 Å². The van der Waals surface area contributed by atoms with Crippen molar-refractivity contribution in [2.45, 2.75) is 38.1 Å². The van der Waals surface area contributed by atoms with Crippen LogP contribution in [0.4, 0.5) is 0 Å². The molecule has 4 heteroatoms. The third-order valence-corrected chi connectivity index (χ3v) is 5.11. The minimum absolute atomic E-state index is 0.175. The van der Waals surface area contributed by atoms with Crippen LogP contribution in [-0.4, -0.2) is 37.4 Å². The molecular weight excluding hydrogens is 286 g/mol. The Hall–Kier alpha value is -1.06. The standard InChI is InChI=1S/C17H24ClNO2/c1-12-7-9-17(10-8-12,19(2)3)16(20)13-5-6-14(18)15(11-13)21-4/h5-6,11-12H,7-10H2,1-4H3. The van der Waals surface area contributed by atoms with Crippen molar-refractivity contribution in [1.29, 1.82) is 0 Å². The highest BCUT2D eigenvalue weighted by molar-refractivity contribution is 6.32. The van der Waals surface area contributed by atoms with Gasteiger partial charge in [0.05, 0.1) is 17.7 Å². The molecule has 21 heavy (non-hydrogen) atoms. The summed E-state index contributed by atoms with van der Waals surface area (Å²) in [7, 11) is 5.57. The number of carbonyl (C=O) groups excluding carboxylic acids is 1. The zero-order valence-electron chi connectivity index (χ0n) is 13.3. The summed E-state index contributed by atoms with van der Waals surface area (Å²) in [5.41, 5.74) is 0.283. The van der Waals surface area contributed by atoms with E-state index in [2.05, 4.69) is 11.8 Å². The van der Waals surface area contributed by atoms with Gasteiger partial charge in [-0.25, -0.2) is 0 Å². The summed E-state index contributed by atoms with van der Waals surface area (Å²) in [6.07, 6.45) is 4.00. The molecule has 1 aromatic rings. The van der Waals surface area contributed by atoms with Gasteiger partial charge in [0.2, 0.25) is 0 Å². The fourth-order valence-corrected chi connectivity index (χ4v) is 3.38. The molecule has 0 N–H and O–H groups in total. The van der Waals surface area contributed by atoms with E-state index in [1.54, 1.807) is 25.3 Å². The largest absolute Gasteiger partial charge is 0.495 e. The van der Waals surface area contributed by atoms with Gasteiger partial charge in [0.1, 0.15) is 5.75 Å². The Morgan fingerprint density at radius 2 is 1.95 bits per heavy atom. The molecule has 2 rings (SSSR count). The average Bonchev–Trinajstić information content (AvgIpc) is 2.48. The second-order valence-corrected chi connectivity index (χ2v) is 6.69. The Bertz CT molecular complexity index is 520. The van der Waals surface area contributed by atoms with E-state index in [9.17, 15) is 4.79 Å². The number of ether oxygens (including phenoxy) is 1. The molecule has 0 unspecified atom stereocenters. The van der Waals surface area contributed by atoms with E-state index in [4.69, 9.17) is 16.3 Å². The number of hydrogen-bond acceptors (Lipinski definition) is 3. The Labute approximate surface area is 132 Å². The molecular formula is C17H24ClNO2. The van der Waals surface area contributed by atoms with Crippen molar-refractivity contribution in [2.24, 2.45) is 5.92 Å². The summed E-state index contributed by atoms with van der Waals surface area (Å²) in [5, 5.41) is 0.533. The SMILES string of the molecule is COc1cc(C(=O)C2(N(C)C)CCC(C)CC2)ccc1Cl. The predicted molar refractivity (Wildman–Crippen MR) is 86.4 cm³/mol. The summed E-state index contributed by atoms with van der Waals surface area (Å²) < 4.78 is 5.24. The number of rotatable bonds is 4. The minimum atomic E-state index is -0.397. The summed E-state index contributed by atoms with van der Waals surface area (Å²) >= 11 is 6.06. The molecule has 1 aliphatic rings. The number of Topliss-reactive ketones (excluding diaryl/α,β-unsaturated/α-hetero) is 1. The molecule has 0 heterocycles. The molecule has 0 aliphatic heterocycles. The lowest BCUT2D eigenvalue weighted by molar-refractivity contribution is 0.0513. The first-order chi connectivity index (χ1) is 9.90. The molecule has 0 atom stereocenters. The third kappa shape index (κ3) is 3.09. The van der Waals surface area contributed by atoms with Crippen molar-refractivity contribution in [3.63, 3.8) is 0 Å². The van der Waals surface area contributed by atoms with Gasteiger partial charge in [-0.1, -0.05) is 18.5 Å². The van der Waals surface area contributed by atoms with Crippen molar-refractivity contribution < 1.29 is 9.53 Å². The number of halogens is 1. The van der Waals surface area contributed by atoms with Gasteiger partial charge in [-0.05, 0) is 63.9 Å². The van der Waals surface area contributed by atoms with E-state index < -0.39 is 5.54 Å². The summed E-state index contributed by atoms with van der Waals surface area (Å²) in [6, 6.07) is 5.30. The normalized spacial score (nSPS) is 25.9. The second kappa shape index (κ2) is 6.37. The van der Waals surface area contributed by atoms with Crippen molar-refractivity contribution in [1.82, 2.24) is 4.90 Å². The molecule has 3 nitrogen and oxygen atoms in total. The number of benzene rings is 1. The van der Waals surface area contributed by atoms with E-state index in [1.165, 1.54) is 0 Å². The van der Waals surface area contributed by atoms with Crippen molar-refractivity contribution in [3.8, 4) is 5.75 Å². The predicted octanol–water partition coefficient (Wildman–Crippen LogP) is 4.04. The van der Waals surface area contributed by atoms with Crippen LogP contribution in [0.15, 0.2) is 18.2 Å². The fraction of sp³-hybridized carbons (Fsp3) is 0.588. The number of likely N-dealkylation sites (N-methyl/N-ethyl adjacent to an activating group) is 1. The number of nitrogens with zero attached hydrogens (tertiary/aromatic N) is 1. The maximum Gasteiger partial charge on any atom is 0.183 e. The van der Waals surface area contributed by atoms with Crippen LogP contribution in [0.1, 0.15) is 43.0 Å². The average molecular weight is 310 g/mol. The van der Waals surface area contributed by atoms with Crippen LogP contribution in [0.5, 0.6) is 5.75 Å². The highest BCUT2D eigenvalue weighted by atomic mass is 35.5. The van der Waals surface area contributed by atoms with E-state index in [1.807, 2.05) is 14.1 Å². The number of methoxy groups -OCH3 is 1. The zero-order valence-corrected chi connectivity index (χ0v) is 14.0. The van der Waals surface area contributed by atoms with Gasteiger partial charge in [-0.2, -0.15) is 0 Å². The highest BCUT2D eigenvalue weighted by Gasteiger charge is 2.43. The zero-order chi connectivity index (χ0) is 15.6. The van der Waals surface area contributed by atoms with Crippen LogP contribution in [0.2, 0.25) is 5.02 Å². The van der Waals surface area contributed by atoms with Crippen LogP contribution < -0.4 is 4.74 Å². The van der Waals surface area contributed by atoms with Crippen molar-refractivity contribution >= 4 is 17.4 Å². The first-order valence-corrected chi connectivity index (χ1v) is 7.84. The van der Waals surface area contributed by atoms with Gasteiger partial charge >= 0.3 is 0 Å². The molecule has 1 fully saturated rings. The lowest BCUT2D eigenvalue weighted by Crippen LogP contribution is -2.53. The molecule has 0 saturated heterocycles.